The highest BCUT2D eigenvalue weighted by Crippen LogP contribution is 2.23. The summed E-state index contributed by atoms with van der Waals surface area (Å²) in [5.41, 5.74) is 3.48. The summed E-state index contributed by atoms with van der Waals surface area (Å²) < 4.78 is 1.72. The molecule has 7 heteroatoms. The van der Waals surface area contributed by atoms with Crippen LogP contribution in [0.25, 0.3) is 0 Å². The van der Waals surface area contributed by atoms with Crippen LogP contribution in [0.15, 0.2) is 67.0 Å². The van der Waals surface area contributed by atoms with E-state index >= 15 is 0 Å². The van der Waals surface area contributed by atoms with E-state index in [1.165, 1.54) is 0 Å². The number of aromatic nitrogens is 2. The summed E-state index contributed by atoms with van der Waals surface area (Å²) in [6.45, 7) is 1.17. The number of carbonyl (C=O) groups is 2. The molecule has 160 valence electrons. The number of hydrogen-bond donors (Lipinski definition) is 2. The fourth-order valence-corrected chi connectivity index (χ4v) is 3.87. The second kappa shape index (κ2) is 9.47. The number of rotatable bonds is 6. The number of amides is 2. The SMILES string of the molecule is Cn1cc(Nc2cccc(NC(=O)[C@@H]3CCCN(C(=O)Cc4ccccc4)C3)c2)cn1. The van der Waals surface area contributed by atoms with E-state index in [0.717, 1.165) is 35.5 Å². The zero-order valence-corrected chi connectivity index (χ0v) is 17.6. The molecule has 1 aliphatic rings. The third-order valence-corrected chi connectivity index (χ3v) is 5.47. The maximum atomic E-state index is 12.9. The average Bonchev–Trinajstić information content (AvgIpc) is 3.19. The summed E-state index contributed by atoms with van der Waals surface area (Å²) in [5, 5.41) is 10.4. The predicted molar refractivity (Wildman–Crippen MR) is 121 cm³/mol. The highest BCUT2D eigenvalue weighted by Gasteiger charge is 2.28. The fourth-order valence-electron chi connectivity index (χ4n) is 3.87. The molecule has 0 bridgehead atoms. The van der Waals surface area contributed by atoms with Crippen LogP contribution in [-0.2, 0) is 23.1 Å². The van der Waals surface area contributed by atoms with Crippen LogP contribution in [0.5, 0.6) is 0 Å². The lowest BCUT2D eigenvalue weighted by Gasteiger charge is -2.32. The maximum Gasteiger partial charge on any atom is 0.229 e. The standard InChI is InChI=1S/C24H27N5O2/c1-28-17-22(15-25-28)26-20-10-5-11-21(14-20)27-24(31)19-9-6-12-29(16-19)23(30)13-18-7-3-2-4-8-18/h2-5,7-8,10-11,14-15,17,19,26H,6,9,12-13,16H2,1H3,(H,27,31)/t19-/m1/s1. The van der Waals surface area contributed by atoms with Crippen molar-refractivity contribution >= 4 is 28.9 Å². The topological polar surface area (TPSA) is 79.3 Å². The molecule has 2 N–H and O–H groups in total. The molecule has 0 radical (unpaired) electrons. The molecule has 1 atom stereocenters. The van der Waals surface area contributed by atoms with Crippen molar-refractivity contribution in [3.05, 3.63) is 72.6 Å². The van der Waals surface area contributed by atoms with E-state index in [1.54, 1.807) is 10.9 Å². The van der Waals surface area contributed by atoms with E-state index in [-0.39, 0.29) is 17.7 Å². The summed E-state index contributed by atoms with van der Waals surface area (Å²) in [4.78, 5) is 27.4. The van der Waals surface area contributed by atoms with Gasteiger partial charge in [-0.25, -0.2) is 0 Å². The lowest BCUT2D eigenvalue weighted by molar-refractivity contribution is -0.133. The van der Waals surface area contributed by atoms with E-state index in [1.807, 2.05) is 72.7 Å². The Morgan fingerprint density at radius 3 is 2.65 bits per heavy atom. The zero-order valence-electron chi connectivity index (χ0n) is 17.6. The lowest BCUT2D eigenvalue weighted by atomic mass is 9.96. The summed E-state index contributed by atoms with van der Waals surface area (Å²) in [5.74, 6) is -0.175. The summed E-state index contributed by atoms with van der Waals surface area (Å²) in [6, 6.07) is 17.3. The minimum atomic E-state index is -0.205. The number of nitrogens with zero attached hydrogens (tertiary/aromatic N) is 3. The van der Waals surface area contributed by atoms with Crippen molar-refractivity contribution in [1.29, 1.82) is 0 Å². The quantitative estimate of drug-likeness (QED) is 0.643. The number of hydrogen-bond acceptors (Lipinski definition) is 4. The molecule has 0 unspecified atom stereocenters. The van der Waals surface area contributed by atoms with Gasteiger partial charge in [-0.15, -0.1) is 0 Å². The molecule has 2 aromatic carbocycles. The van der Waals surface area contributed by atoms with E-state index in [9.17, 15) is 9.59 Å². The van der Waals surface area contributed by atoms with Gasteiger partial charge in [-0.05, 0) is 36.6 Å². The third kappa shape index (κ3) is 5.51. The predicted octanol–water partition coefficient (Wildman–Crippen LogP) is 3.58. The van der Waals surface area contributed by atoms with E-state index in [2.05, 4.69) is 15.7 Å². The number of piperidine rings is 1. The molecule has 1 saturated heterocycles. The molecule has 0 aliphatic carbocycles. The Hall–Kier alpha value is -3.61. The summed E-state index contributed by atoms with van der Waals surface area (Å²) >= 11 is 0. The van der Waals surface area contributed by atoms with Crippen LogP contribution < -0.4 is 10.6 Å². The van der Waals surface area contributed by atoms with Crippen molar-refractivity contribution in [1.82, 2.24) is 14.7 Å². The first-order valence-electron chi connectivity index (χ1n) is 10.5. The number of nitrogens with one attached hydrogen (secondary N) is 2. The van der Waals surface area contributed by atoms with Gasteiger partial charge in [0.1, 0.15) is 0 Å². The van der Waals surface area contributed by atoms with Crippen molar-refractivity contribution in [3.8, 4) is 0 Å². The molecular formula is C24H27N5O2. The molecule has 7 nitrogen and oxygen atoms in total. The molecule has 0 saturated carbocycles. The summed E-state index contributed by atoms with van der Waals surface area (Å²) in [7, 11) is 1.86. The molecule has 3 aromatic rings. The summed E-state index contributed by atoms with van der Waals surface area (Å²) in [6.07, 6.45) is 5.62. The van der Waals surface area contributed by atoms with Crippen molar-refractivity contribution in [3.63, 3.8) is 0 Å². The van der Waals surface area contributed by atoms with Crippen LogP contribution in [0.1, 0.15) is 18.4 Å². The number of aryl methyl sites for hydroxylation is 1. The molecule has 31 heavy (non-hydrogen) atoms. The third-order valence-electron chi connectivity index (χ3n) is 5.47. The number of carbonyl (C=O) groups excluding carboxylic acids is 2. The molecule has 4 rings (SSSR count). The first-order valence-corrected chi connectivity index (χ1v) is 10.5. The molecule has 1 fully saturated rings. The van der Waals surface area contributed by atoms with Crippen LogP contribution in [0.3, 0.4) is 0 Å². The molecule has 1 aliphatic heterocycles. The molecule has 0 spiro atoms. The normalized spacial score (nSPS) is 16.0. The molecule has 2 heterocycles. The lowest BCUT2D eigenvalue weighted by Crippen LogP contribution is -2.44. The van der Waals surface area contributed by atoms with Gasteiger partial charge < -0.3 is 15.5 Å². The van der Waals surface area contributed by atoms with Gasteiger partial charge in [0.2, 0.25) is 11.8 Å². The zero-order chi connectivity index (χ0) is 21.6. The van der Waals surface area contributed by atoms with E-state index < -0.39 is 0 Å². The van der Waals surface area contributed by atoms with Gasteiger partial charge in [-0.2, -0.15) is 5.10 Å². The monoisotopic (exact) mass is 417 g/mol. The minimum absolute atomic E-state index is 0.0456. The maximum absolute atomic E-state index is 12.9. The van der Waals surface area contributed by atoms with Crippen molar-refractivity contribution in [2.45, 2.75) is 19.3 Å². The highest BCUT2D eigenvalue weighted by atomic mass is 16.2. The Kier molecular flexibility index (Phi) is 6.31. The van der Waals surface area contributed by atoms with Crippen LogP contribution in [-0.4, -0.2) is 39.6 Å². The van der Waals surface area contributed by atoms with Gasteiger partial charge in [-0.3, -0.25) is 14.3 Å². The van der Waals surface area contributed by atoms with Gasteiger partial charge in [-0.1, -0.05) is 36.4 Å². The van der Waals surface area contributed by atoms with Gasteiger partial charge >= 0.3 is 0 Å². The second-order valence-corrected chi connectivity index (χ2v) is 7.94. The molecular weight excluding hydrogens is 390 g/mol. The van der Waals surface area contributed by atoms with Gasteiger partial charge in [0.05, 0.1) is 24.2 Å². The van der Waals surface area contributed by atoms with Crippen LogP contribution in [0.4, 0.5) is 17.1 Å². The van der Waals surface area contributed by atoms with Crippen LogP contribution in [0.2, 0.25) is 0 Å². The number of likely N-dealkylation sites (tertiary alicyclic amines) is 1. The van der Waals surface area contributed by atoms with E-state index in [0.29, 0.717) is 19.5 Å². The van der Waals surface area contributed by atoms with Crippen LogP contribution >= 0.6 is 0 Å². The van der Waals surface area contributed by atoms with Crippen LogP contribution in [0, 0.1) is 5.92 Å². The van der Waals surface area contributed by atoms with Crippen molar-refractivity contribution in [2.24, 2.45) is 13.0 Å². The molecule has 2 amide bonds. The van der Waals surface area contributed by atoms with Crippen molar-refractivity contribution in [2.75, 3.05) is 23.7 Å². The van der Waals surface area contributed by atoms with Crippen molar-refractivity contribution < 1.29 is 9.59 Å². The smallest absolute Gasteiger partial charge is 0.229 e. The van der Waals surface area contributed by atoms with Gasteiger partial charge in [0.15, 0.2) is 0 Å². The number of benzene rings is 2. The number of anilines is 3. The fraction of sp³-hybridized carbons (Fsp3) is 0.292. The largest absolute Gasteiger partial charge is 0.353 e. The Morgan fingerprint density at radius 2 is 1.87 bits per heavy atom. The van der Waals surface area contributed by atoms with Gasteiger partial charge in [0, 0.05) is 37.7 Å². The average molecular weight is 418 g/mol. The minimum Gasteiger partial charge on any atom is -0.353 e. The first kappa shape index (κ1) is 20.7. The Bertz CT molecular complexity index is 1050. The Morgan fingerprint density at radius 1 is 1.06 bits per heavy atom. The molecule has 1 aromatic heterocycles. The van der Waals surface area contributed by atoms with E-state index in [4.69, 9.17) is 0 Å². The Labute approximate surface area is 182 Å². The second-order valence-electron chi connectivity index (χ2n) is 7.94. The Balaban J connectivity index is 1.35. The first-order chi connectivity index (χ1) is 15.1. The highest BCUT2D eigenvalue weighted by molar-refractivity contribution is 5.93. The van der Waals surface area contributed by atoms with Gasteiger partial charge in [0.25, 0.3) is 0 Å².